The van der Waals surface area contributed by atoms with Gasteiger partial charge in [-0.05, 0) is 35.9 Å². The van der Waals surface area contributed by atoms with E-state index in [4.69, 9.17) is 0 Å². The highest BCUT2D eigenvalue weighted by Crippen LogP contribution is 2.14. The van der Waals surface area contributed by atoms with Crippen LogP contribution < -0.4 is 4.72 Å². The molecular formula is C20H22N2O5S. The molecule has 0 atom stereocenters. The maximum absolute atomic E-state index is 12.3. The largest absolute Gasteiger partial charge is 0.469 e. The molecule has 0 bridgehead atoms. The molecule has 28 heavy (non-hydrogen) atoms. The van der Waals surface area contributed by atoms with Gasteiger partial charge < -0.3 is 9.64 Å². The van der Waals surface area contributed by atoms with Crippen LogP contribution in [0.1, 0.15) is 22.3 Å². The molecule has 0 aliphatic heterocycles. The first-order valence-corrected chi connectivity index (χ1v) is 10.0. The van der Waals surface area contributed by atoms with E-state index in [-0.39, 0.29) is 18.9 Å². The van der Waals surface area contributed by atoms with Crippen LogP contribution in [0.4, 0.5) is 5.69 Å². The highest BCUT2D eigenvalue weighted by Gasteiger charge is 2.14. The number of amides is 1. The van der Waals surface area contributed by atoms with Gasteiger partial charge in [0.1, 0.15) is 0 Å². The molecule has 2 rings (SSSR count). The summed E-state index contributed by atoms with van der Waals surface area (Å²) in [7, 11) is -0.810. The normalized spacial score (nSPS) is 11.2. The Morgan fingerprint density at radius 3 is 2.32 bits per heavy atom. The number of benzene rings is 2. The average molecular weight is 402 g/mol. The highest BCUT2D eigenvalue weighted by molar-refractivity contribution is 7.95. The molecule has 2 aromatic carbocycles. The Morgan fingerprint density at radius 2 is 1.71 bits per heavy atom. The van der Waals surface area contributed by atoms with Crippen molar-refractivity contribution in [2.45, 2.75) is 6.42 Å². The van der Waals surface area contributed by atoms with E-state index in [2.05, 4.69) is 9.46 Å². The SMILES string of the molecule is COC(=O)CCN(C)C(=O)c1ccc(NS(=O)(=O)C=Cc2ccccc2)cc1. The Bertz CT molecular complexity index is 938. The highest BCUT2D eigenvalue weighted by atomic mass is 32.2. The summed E-state index contributed by atoms with van der Waals surface area (Å²) in [5.41, 5.74) is 1.49. The fourth-order valence-electron chi connectivity index (χ4n) is 2.29. The number of hydrogen-bond acceptors (Lipinski definition) is 5. The molecule has 0 aliphatic carbocycles. The lowest BCUT2D eigenvalue weighted by Crippen LogP contribution is -2.29. The van der Waals surface area contributed by atoms with Crippen molar-refractivity contribution in [3.63, 3.8) is 0 Å². The van der Waals surface area contributed by atoms with Gasteiger partial charge in [-0.1, -0.05) is 30.3 Å². The zero-order valence-corrected chi connectivity index (χ0v) is 16.5. The van der Waals surface area contributed by atoms with Crippen molar-refractivity contribution in [3.05, 3.63) is 71.1 Å². The minimum absolute atomic E-state index is 0.102. The van der Waals surface area contributed by atoms with E-state index >= 15 is 0 Å². The van der Waals surface area contributed by atoms with Crippen LogP contribution in [0, 0.1) is 0 Å². The lowest BCUT2D eigenvalue weighted by molar-refractivity contribution is -0.140. The van der Waals surface area contributed by atoms with Crippen molar-refractivity contribution in [3.8, 4) is 0 Å². The Morgan fingerprint density at radius 1 is 1.07 bits per heavy atom. The van der Waals surface area contributed by atoms with Crippen LogP contribution in [0.2, 0.25) is 0 Å². The molecule has 0 saturated carbocycles. The summed E-state index contributed by atoms with van der Waals surface area (Å²) in [6, 6.07) is 15.1. The number of nitrogens with one attached hydrogen (secondary N) is 1. The van der Waals surface area contributed by atoms with E-state index in [9.17, 15) is 18.0 Å². The molecule has 0 heterocycles. The molecule has 0 spiro atoms. The van der Waals surface area contributed by atoms with E-state index in [0.29, 0.717) is 11.3 Å². The molecule has 1 amide bonds. The van der Waals surface area contributed by atoms with E-state index in [1.54, 1.807) is 19.2 Å². The molecule has 8 heteroatoms. The van der Waals surface area contributed by atoms with Crippen molar-refractivity contribution in [2.75, 3.05) is 25.4 Å². The van der Waals surface area contributed by atoms with Gasteiger partial charge in [-0.3, -0.25) is 14.3 Å². The van der Waals surface area contributed by atoms with Gasteiger partial charge in [0, 0.05) is 24.8 Å². The topological polar surface area (TPSA) is 92.8 Å². The Kier molecular flexibility index (Phi) is 7.34. The quantitative estimate of drug-likeness (QED) is 0.686. The molecule has 7 nitrogen and oxygen atoms in total. The van der Waals surface area contributed by atoms with Crippen molar-refractivity contribution < 1.29 is 22.7 Å². The van der Waals surface area contributed by atoms with E-state index in [0.717, 1.165) is 11.0 Å². The van der Waals surface area contributed by atoms with Crippen LogP contribution in [0.5, 0.6) is 0 Å². The monoisotopic (exact) mass is 402 g/mol. The van der Waals surface area contributed by atoms with Gasteiger partial charge in [-0.25, -0.2) is 8.42 Å². The first-order chi connectivity index (χ1) is 13.3. The molecule has 0 radical (unpaired) electrons. The fraction of sp³-hybridized carbons (Fsp3) is 0.200. The van der Waals surface area contributed by atoms with Crippen molar-refractivity contribution in [1.29, 1.82) is 0 Å². The van der Waals surface area contributed by atoms with Crippen molar-refractivity contribution >= 4 is 33.7 Å². The van der Waals surface area contributed by atoms with Gasteiger partial charge in [-0.15, -0.1) is 0 Å². The minimum Gasteiger partial charge on any atom is -0.469 e. The first kappa shape index (κ1) is 21.2. The van der Waals surface area contributed by atoms with Gasteiger partial charge in [0.05, 0.1) is 18.9 Å². The van der Waals surface area contributed by atoms with Gasteiger partial charge >= 0.3 is 5.97 Å². The smallest absolute Gasteiger partial charge is 0.307 e. The van der Waals surface area contributed by atoms with Gasteiger partial charge in [0.2, 0.25) is 0 Å². The minimum atomic E-state index is -3.68. The predicted molar refractivity (Wildman–Crippen MR) is 108 cm³/mol. The summed E-state index contributed by atoms with van der Waals surface area (Å²) in [5.74, 6) is -0.671. The summed E-state index contributed by atoms with van der Waals surface area (Å²) in [5, 5.41) is 1.09. The molecule has 0 aromatic heterocycles. The van der Waals surface area contributed by atoms with Crippen LogP contribution in [0.25, 0.3) is 6.08 Å². The molecular weight excluding hydrogens is 380 g/mol. The Balaban J connectivity index is 1.98. The summed E-state index contributed by atoms with van der Waals surface area (Å²) in [6.07, 6.45) is 1.60. The van der Waals surface area contributed by atoms with E-state index in [1.807, 2.05) is 18.2 Å². The molecule has 148 valence electrons. The molecule has 0 fully saturated rings. The second-order valence-electron chi connectivity index (χ2n) is 5.99. The van der Waals surface area contributed by atoms with Gasteiger partial charge in [0.15, 0.2) is 0 Å². The number of rotatable bonds is 8. The lowest BCUT2D eigenvalue weighted by Gasteiger charge is -2.16. The van der Waals surface area contributed by atoms with Crippen LogP contribution in [0.3, 0.4) is 0 Å². The zero-order valence-electron chi connectivity index (χ0n) is 15.7. The number of anilines is 1. The van der Waals surface area contributed by atoms with Gasteiger partial charge in [0.25, 0.3) is 15.9 Å². The maximum atomic E-state index is 12.3. The number of hydrogen-bond donors (Lipinski definition) is 1. The van der Waals surface area contributed by atoms with E-state index < -0.39 is 16.0 Å². The van der Waals surface area contributed by atoms with Crippen LogP contribution >= 0.6 is 0 Å². The van der Waals surface area contributed by atoms with Crippen molar-refractivity contribution in [2.24, 2.45) is 0 Å². The van der Waals surface area contributed by atoms with Crippen LogP contribution in [-0.2, 0) is 19.6 Å². The van der Waals surface area contributed by atoms with Gasteiger partial charge in [-0.2, -0.15) is 0 Å². The second-order valence-corrected chi connectivity index (χ2v) is 7.56. The number of carbonyl (C=O) groups excluding carboxylic acids is 2. The number of ether oxygens (including phenoxy) is 1. The number of sulfonamides is 1. The fourth-order valence-corrected chi connectivity index (χ4v) is 3.16. The summed E-state index contributed by atoms with van der Waals surface area (Å²) < 4.78 is 31.3. The number of nitrogens with zero attached hydrogens (tertiary/aromatic N) is 1. The zero-order chi connectivity index (χ0) is 20.6. The Hall–Kier alpha value is -3.13. The third-order valence-corrected chi connectivity index (χ3v) is 4.87. The number of methoxy groups -OCH3 is 1. The number of carbonyl (C=O) groups is 2. The Labute approximate surface area is 164 Å². The lowest BCUT2D eigenvalue weighted by atomic mass is 10.2. The molecule has 0 aliphatic rings. The average Bonchev–Trinajstić information content (AvgIpc) is 2.70. The summed E-state index contributed by atoms with van der Waals surface area (Å²) in [4.78, 5) is 24.9. The van der Waals surface area contributed by atoms with Crippen LogP contribution in [0.15, 0.2) is 60.0 Å². The maximum Gasteiger partial charge on any atom is 0.307 e. The standard InChI is InChI=1S/C20H22N2O5S/c1-22(14-12-19(23)27-2)20(24)17-8-10-18(11-9-17)21-28(25,26)15-13-16-6-4-3-5-7-16/h3-11,13,15,21H,12,14H2,1-2H3. The third kappa shape index (κ3) is 6.55. The molecule has 2 aromatic rings. The van der Waals surface area contributed by atoms with E-state index in [1.165, 1.54) is 42.4 Å². The molecule has 0 unspecified atom stereocenters. The number of esters is 1. The van der Waals surface area contributed by atoms with Crippen molar-refractivity contribution in [1.82, 2.24) is 4.90 Å². The summed E-state index contributed by atoms with van der Waals surface area (Å²) in [6.45, 7) is 0.226. The second kappa shape index (κ2) is 9.70. The third-order valence-electron chi connectivity index (χ3n) is 3.86. The molecule has 0 saturated heterocycles. The van der Waals surface area contributed by atoms with Crippen LogP contribution in [-0.4, -0.2) is 45.9 Å². The molecule has 1 N–H and O–H groups in total. The predicted octanol–water partition coefficient (Wildman–Crippen LogP) is 2.73. The summed E-state index contributed by atoms with van der Waals surface area (Å²) >= 11 is 0. The first-order valence-electron chi connectivity index (χ1n) is 8.49.